The topological polar surface area (TPSA) is 32.3 Å². The van der Waals surface area contributed by atoms with Crippen LogP contribution in [0.15, 0.2) is 0 Å². The van der Waals surface area contributed by atoms with Gasteiger partial charge in [0.05, 0.1) is 0 Å². The first-order valence-corrected chi connectivity index (χ1v) is 5.91. The lowest BCUT2D eigenvalue weighted by atomic mass is 10.3. The summed E-state index contributed by atoms with van der Waals surface area (Å²) in [6, 6.07) is 0. The van der Waals surface area contributed by atoms with Gasteiger partial charge in [-0.15, -0.1) is 11.6 Å². The Hall–Kier alpha value is -0.280. The molecule has 0 aromatic heterocycles. The second-order valence-corrected chi connectivity index (χ2v) is 4.01. The van der Waals surface area contributed by atoms with Gasteiger partial charge >= 0.3 is 0 Å². The molecule has 0 bridgehead atoms. The van der Waals surface area contributed by atoms with Gasteiger partial charge in [-0.2, -0.15) is 0 Å². The minimum Gasteiger partial charge on any atom is -0.355 e. The van der Waals surface area contributed by atoms with Crippen molar-refractivity contribution in [3.8, 4) is 0 Å². The average molecular weight is 219 g/mol. The van der Waals surface area contributed by atoms with E-state index < -0.39 is 0 Å². The van der Waals surface area contributed by atoms with E-state index in [0.29, 0.717) is 0 Å². The molecule has 0 atom stereocenters. The van der Waals surface area contributed by atoms with Gasteiger partial charge in [0, 0.05) is 6.54 Å². The standard InChI is InChI=1S/C10H19ClN2O/c11-9-10(14)12-5-1-2-6-13-7-3-4-8-13/h1-9H2,(H,12,14). The third-order valence-corrected chi connectivity index (χ3v) is 2.79. The van der Waals surface area contributed by atoms with Crippen molar-refractivity contribution in [1.82, 2.24) is 10.2 Å². The molecular formula is C10H19ClN2O. The van der Waals surface area contributed by atoms with Crippen molar-refractivity contribution in [2.24, 2.45) is 0 Å². The van der Waals surface area contributed by atoms with E-state index in [1.165, 1.54) is 38.9 Å². The fraction of sp³-hybridized carbons (Fsp3) is 0.900. The molecular weight excluding hydrogens is 200 g/mol. The van der Waals surface area contributed by atoms with Gasteiger partial charge in [-0.05, 0) is 45.3 Å². The van der Waals surface area contributed by atoms with Crippen molar-refractivity contribution in [2.45, 2.75) is 25.7 Å². The highest BCUT2D eigenvalue weighted by Gasteiger charge is 2.09. The third kappa shape index (κ3) is 4.82. The molecule has 1 heterocycles. The predicted molar refractivity (Wildman–Crippen MR) is 58.6 cm³/mol. The van der Waals surface area contributed by atoms with E-state index in [0.717, 1.165) is 13.0 Å². The van der Waals surface area contributed by atoms with Crippen LogP contribution in [0.25, 0.3) is 0 Å². The number of halogens is 1. The molecule has 1 amide bonds. The lowest BCUT2D eigenvalue weighted by Crippen LogP contribution is -2.26. The molecule has 1 aliphatic rings. The van der Waals surface area contributed by atoms with Crippen LogP contribution in [0, 0.1) is 0 Å². The molecule has 82 valence electrons. The molecule has 0 radical (unpaired) electrons. The van der Waals surface area contributed by atoms with Gasteiger partial charge in [-0.1, -0.05) is 0 Å². The van der Waals surface area contributed by atoms with E-state index in [9.17, 15) is 4.79 Å². The number of rotatable bonds is 6. The van der Waals surface area contributed by atoms with Crippen molar-refractivity contribution < 1.29 is 4.79 Å². The third-order valence-electron chi connectivity index (χ3n) is 2.54. The minimum absolute atomic E-state index is 0.0622. The van der Waals surface area contributed by atoms with Gasteiger partial charge in [-0.3, -0.25) is 4.79 Å². The number of amides is 1. The number of alkyl halides is 1. The number of hydrogen-bond donors (Lipinski definition) is 1. The number of carbonyl (C=O) groups excluding carboxylic acids is 1. The normalized spacial score (nSPS) is 17.2. The van der Waals surface area contributed by atoms with Gasteiger partial charge in [0.2, 0.25) is 5.91 Å². The summed E-state index contributed by atoms with van der Waals surface area (Å²) < 4.78 is 0. The van der Waals surface area contributed by atoms with E-state index >= 15 is 0 Å². The van der Waals surface area contributed by atoms with Crippen LogP contribution in [0.5, 0.6) is 0 Å². The van der Waals surface area contributed by atoms with E-state index in [-0.39, 0.29) is 11.8 Å². The highest BCUT2D eigenvalue weighted by Crippen LogP contribution is 2.07. The maximum Gasteiger partial charge on any atom is 0.234 e. The van der Waals surface area contributed by atoms with Crippen LogP contribution in [0.2, 0.25) is 0 Å². The quantitative estimate of drug-likeness (QED) is 0.537. The first-order valence-electron chi connectivity index (χ1n) is 5.38. The predicted octanol–water partition coefficient (Wildman–Crippen LogP) is 1.22. The van der Waals surface area contributed by atoms with Crippen LogP contribution >= 0.6 is 11.6 Å². The number of nitrogens with zero attached hydrogens (tertiary/aromatic N) is 1. The fourth-order valence-corrected chi connectivity index (χ4v) is 1.84. The molecule has 1 N–H and O–H groups in total. The summed E-state index contributed by atoms with van der Waals surface area (Å²) in [6.07, 6.45) is 4.92. The largest absolute Gasteiger partial charge is 0.355 e. The molecule has 1 rings (SSSR count). The number of unbranched alkanes of at least 4 members (excludes halogenated alkanes) is 1. The molecule has 0 saturated carbocycles. The van der Waals surface area contributed by atoms with Crippen LogP contribution < -0.4 is 5.32 Å². The van der Waals surface area contributed by atoms with Crippen molar-refractivity contribution in [3.63, 3.8) is 0 Å². The lowest BCUT2D eigenvalue weighted by Gasteiger charge is -2.13. The van der Waals surface area contributed by atoms with Gasteiger partial charge in [0.25, 0.3) is 0 Å². The zero-order valence-corrected chi connectivity index (χ0v) is 9.35. The van der Waals surface area contributed by atoms with Crippen molar-refractivity contribution >= 4 is 17.5 Å². The summed E-state index contributed by atoms with van der Waals surface area (Å²) in [4.78, 5) is 13.3. The van der Waals surface area contributed by atoms with E-state index in [4.69, 9.17) is 11.6 Å². The summed E-state index contributed by atoms with van der Waals surface area (Å²) in [6.45, 7) is 4.46. The first-order chi connectivity index (χ1) is 6.83. The van der Waals surface area contributed by atoms with Crippen molar-refractivity contribution in [3.05, 3.63) is 0 Å². The highest BCUT2D eigenvalue weighted by atomic mass is 35.5. The van der Waals surface area contributed by atoms with Gasteiger partial charge in [0.15, 0.2) is 0 Å². The smallest absolute Gasteiger partial charge is 0.234 e. The van der Waals surface area contributed by atoms with E-state index in [1.807, 2.05) is 0 Å². The second kappa shape index (κ2) is 7.07. The van der Waals surface area contributed by atoms with Crippen LogP contribution in [-0.2, 0) is 4.79 Å². The van der Waals surface area contributed by atoms with Crippen LogP contribution in [0.3, 0.4) is 0 Å². The molecule has 0 unspecified atom stereocenters. The number of carbonyl (C=O) groups is 1. The molecule has 0 aliphatic carbocycles. The Balaban J connectivity index is 1.86. The van der Waals surface area contributed by atoms with Crippen LogP contribution in [0.4, 0.5) is 0 Å². The van der Waals surface area contributed by atoms with Crippen molar-refractivity contribution in [1.29, 1.82) is 0 Å². The number of nitrogens with one attached hydrogen (secondary N) is 1. The number of likely N-dealkylation sites (tertiary alicyclic amines) is 1. The maximum absolute atomic E-state index is 10.8. The Morgan fingerprint density at radius 3 is 2.64 bits per heavy atom. The highest BCUT2D eigenvalue weighted by molar-refractivity contribution is 6.27. The Labute approximate surface area is 90.8 Å². The van der Waals surface area contributed by atoms with Gasteiger partial charge in [0.1, 0.15) is 5.88 Å². The van der Waals surface area contributed by atoms with Crippen molar-refractivity contribution in [2.75, 3.05) is 32.1 Å². The summed E-state index contributed by atoms with van der Waals surface area (Å²) >= 11 is 5.35. The zero-order valence-electron chi connectivity index (χ0n) is 8.60. The average Bonchev–Trinajstić information content (AvgIpc) is 2.69. The Bertz CT molecular complexity index is 170. The molecule has 1 fully saturated rings. The lowest BCUT2D eigenvalue weighted by molar-refractivity contribution is -0.118. The summed E-state index contributed by atoms with van der Waals surface area (Å²) in [7, 11) is 0. The molecule has 0 spiro atoms. The molecule has 0 aromatic rings. The molecule has 1 saturated heterocycles. The summed E-state index contributed by atoms with van der Waals surface area (Å²) in [5, 5.41) is 2.77. The SMILES string of the molecule is O=C(CCl)NCCCCN1CCCC1. The Morgan fingerprint density at radius 2 is 2.00 bits per heavy atom. The number of hydrogen-bond acceptors (Lipinski definition) is 2. The summed E-state index contributed by atoms with van der Waals surface area (Å²) in [5.74, 6) is 0.0133. The molecule has 0 aromatic carbocycles. The van der Waals surface area contributed by atoms with E-state index in [2.05, 4.69) is 10.2 Å². The Morgan fingerprint density at radius 1 is 1.29 bits per heavy atom. The maximum atomic E-state index is 10.8. The van der Waals surface area contributed by atoms with Gasteiger partial charge in [-0.25, -0.2) is 0 Å². The zero-order chi connectivity index (χ0) is 10.2. The van der Waals surface area contributed by atoms with Crippen LogP contribution in [0.1, 0.15) is 25.7 Å². The van der Waals surface area contributed by atoms with Crippen LogP contribution in [-0.4, -0.2) is 42.9 Å². The fourth-order valence-electron chi connectivity index (χ4n) is 1.74. The minimum atomic E-state index is -0.0622. The molecule has 3 nitrogen and oxygen atoms in total. The Kier molecular flexibility index (Phi) is 5.96. The molecule has 1 aliphatic heterocycles. The molecule has 4 heteroatoms. The second-order valence-electron chi connectivity index (χ2n) is 3.74. The molecule has 14 heavy (non-hydrogen) atoms. The van der Waals surface area contributed by atoms with Gasteiger partial charge < -0.3 is 10.2 Å². The summed E-state index contributed by atoms with van der Waals surface area (Å²) in [5.41, 5.74) is 0. The first kappa shape index (κ1) is 11.8. The monoisotopic (exact) mass is 218 g/mol. The van der Waals surface area contributed by atoms with E-state index in [1.54, 1.807) is 0 Å².